The summed E-state index contributed by atoms with van der Waals surface area (Å²) in [5, 5.41) is 0.761. The van der Waals surface area contributed by atoms with Gasteiger partial charge in [-0.25, -0.2) is 9.97 Å². The lowest BCUT2D eigenvalue weighted by atomic mass is 9.85. The van der Waals surface area contributed by atoms with E-state index in [1.807, 2.05) is 25.1 Å². The summed E-state index contributed by atoms with van der Waals surface area (Å²) in [6.45, 7) is 0. The van der Waals surface area contributed by atoms with Crippen LogP contribution in [0.15, 0.2) is 48.7 Å². The van der Waals surface area contributed by atoms with Crippen LogP contribution in [-0.2, 0) is 12.8 Å². The molecule has 0 spiro atoms. The van der Waals surface area contributed by atoms with Crippen molar-refractivity contribution in [3.05, 3.63) is 70.4 Å². The van der Waals surface area contributed by atoms with Gasteiger partial charge in [0.25, 0.3) is 5.91 Å². The van der Waals surface area contributed by atoms with Crippen molar-refractivity contribution in [2.75, 3.05) is 30.9 Å². The standard InChI is InChI=1S/C22H24N4OS/c1-25(2)20-17(10-7-13-23-20)21(27)26(3)22-24-18-12-11-16(14-19(18)28-22)15-8-5-4-6-9-15/h4-10,13,16H,11-12,14H2,1-3H3. The first-order chi connectivity index (χ1) is 13.5. The first-order valence-electron chi connectivity index (χ1n) is 9.48. The number of hydrogen-bond donors (Lipinski definition) is 0. The van der Waals surface area contributed by atoms with E-state index in [-0.39, 0.29) is 5.91 Å². The van der Waals surface area contributed by atoms with Gasteiger partial charge in [-0.15, -0.1) is 11.3 Å². The summed E-state index contributed by atoms with van der Waals surface area (Å²) < 4.78 is 0. The van der Waals surface area contributed by atoms with Crippen molar-refractivity contribution in [1.29, 1.82) is 0 Å². The minimum atomic E-state index is -0.0810. The van der Waals surface area contributed by atoms with Crippen LogP contribution in [0, 0.1) is 0 Å². The number of benzene rings is 1. The first-order valence-corrected chi connectivity index (χ1v) is 10.3. The summed E-state index contributed by atoms with van der Waals surface area (Å²) in [5.41, 5.74) is 3.12. The van der Waals surface area contributed by atoms with Gasteiger partial charge in [0.15, 0.2) is 5.13 Å². The maximum atomic E-state index is 13.1. The van der Waals surface area contributed by atoms with E-state index in [2.05, 4.69) is 35.3 Å². The molecule has 1 aromatic carbocycles. The Morgan fingerprint density at radius 2 is 1.89 bits per heavy atom. The third-order valence-corrected chi connectivity index (χ3v) is 6.43. The molecule has 4 rings (SSSR count). The molecule has 1 aliphatic rings. The lowest BCUT2D eigenvalue weighted by molar-refractivity contribution is 0.0993. The van der Waals surface area contributed by atoms with Gasteiger partial charge in [0, 0.05) is 32.2 Å². The number of anilines is 2. The number of carbonyl (C=O) groups is 1. The lowest BCUT2D eigenvalue weighted by Crippen LogP contribution is -2.28. The number of aromatic nitrogens is 2. The molecule has 0 N–H and O–H groups in total. The topological polar surface area (TPSA) is 49.3 Å². The molecule has 6 heteroatoms. The van der Waals surface area contributed by atoms with Crippen LogP contribution in [0.5, 0.6) is 0 Å². The number of fused-ring (bicyclic) bond motifs is 1. The minimum Gasteiger partial charge on any atom is -0.362 e. The number of thiazole rings is 1. The zero-order valence-corrected chi connectivity index (χ0v) is 17.2. The van der Waals surface area contributed by atoms with Crippen molar-refractivity contribution in [2.45, 2.75) is 25.2 Å². The van der Waals surface area contributed by atoms with Crippen molar-refractivity contribution in [3.63, 3.8) is 0 Å². The fourth-order valence-electron chi connectivity index (χ4n) is 3.70. The maximum Gasteiger partial charge on any atom is 0.263 e. The normalized spacial score (nSPS) is 15.8. The van der Waals surface area contributed by atoms with Crippen molar-refractivity contribution < 1.29 is 4.79 Å². The maximum absolute atomic E-state index is 13.1. The van der Waals surface area contributed by atoms with E-state index in [9.17, 15) is 4.79 Å². The second-order valence-corrected chi connectivity index (χ2v) is 8.41. The van der Waals surface area contributed by atoms with Crippen LogP contribution >= 0.6 is 11.3 Å². The molecule has 28 heavy (non-hydrogen) atoms. The Hall–Kier alpha value is -2.73. The average molecular weight is 393 g/mol. The highest BCUT2D eigenvalue weighted by Gasteiger charge is 2.27. The fourth-order valence-corrected chi connectivity index (χ4v) is 4.85. The lowest BCUT2D eigenvalue weighted by Gasteiger charge is -2.21. The van der Waals surface area contributed by atoms with Gasteiger partial charge in [-0.2, -0.15) is 0 Å². The van der Waals surface area contributed by atoms with E-state index in [1.165, 1.54) is 10.4 Å². The van der Waals surface area contributed by atoms with Crippen LogP contribution in [0.25, 0.3) is 0 Å². The second kappa shape index (κ2) is 7.72. The monoisotopic (exact) mass is 392 g/mol. The van der Waals surface area contributed by atoms with Gasteiger partial charge in [0.05, 0.1) is 11.3 Å². The molecule has 144 valence electrons. The van der Waals surface area contributed by atoms with Gasteiger partial charge in [0.1, 0.15) is 5.82 Å². The molecule has 2 aromatic heterocycles. The second-order valence-electron chi connectivity index (χ2n) is 7.35. The van der Waals surface area contributed by atoms with Crippen LogP contribution in [0.4, 0.5) is 10.9 Å². The molecule has 2 heterocycles. The van der Waals surface area contributed by atoms with Gasteiger partial charge < -0.3 is 4.90 Å². The molecule has 0 fully saturated rings. The quantitative estimate of drug-likeness (QED) is 0.669. The third kappa shape index (κ3) is 3.52. The summed E-state index contributed by atoms with van der Waals surface area (Å²) in [4.78, 5) is 27.0. The number of nitrogens with zero attached hydrogens (tertiary/aromatic N) is 4. The molecule has 1 aliphatic carbocycles. The largest absolute Gasteiger partial charge is 0.362 e. The van der Waals surface area contributed by atoms with E-state index >= 15 is 0 Å². The molecule has 1 atom stereocenters. The highest BCUT2D eigenvalue weighted by Crippen LogP contribution is 2.38. The number of amides is 1. The highest BCUT2D eigenvalue weighted by atomic mass is 32.1. The predicted octanol–water partition coefficient (Wildman–Crippen LogP) is 4.15. The Morgan fingerprint density at radius 3 is 2.64 bits per heavy atom. The van der Waals surface area contributed by atoms with Crippen LogP contribution < -0.4 is 9.80 Å². The van der Waals surface area contributed by atoms with E-state index < -0.39 is 0 Å². The predicted molar refractivity (Wildman–Crippen MR) is 115 cm³/mol. The SMILES string of the molecule is CN(C)c1ncccc1C(=O)N(C)c1nc2c(s1)CC(c1ccccc1)CC2. The van der Waals surface area contributed by atoms with E-state index in [1.54, 1.807) is 35.5 Å². The number of pyridine rings is 1. The van der Waals surface area contributed by atoms with Crippen molar-refractivity contribution in [2.24, 2.45) is 0 Å². The van der Waals surface area contributed by atoms with Crippen molar-refractivity contribution in [3.8, 4) is 0 Å². The molecule has 0 bridgehead atoms. The molecule has 1 amide bonds. The molecule has 0 aliphatic heterocycles. The molecule has 0 radical (unpaired) electrons. The number of hydrogen-bond acceptors (Lipinski definition) is 5. The molecule has 0 saturated carbocycles. The number of rotatable bonds is 4. The summed E-state index contributed by atoms with van der Waals surface area (Å²) >= 11 is 1.64. The fraction of sp³-hybridized carbons (Fsp3) is 0.318. The number of aryl methyl sites for hydroxylation is 1. The van der Waals surface area contributed by atoms with E-state index in [0.717, 1.165) is 30.1 Å². The van der Waals surface area contributed by atoms with Crippen molar-refractivity contribution in [1.82, 2.24) is 9.97 Å². The van der Waals surface area contributed by atoms with Gasteiger partial charge in [-0.05, 0) is 42.9 Å². The van der Waals surface area contributed by atoms with Crippen LogP contribution in [0.3, 0.4) is 0 Å². The average Bonchev–Trinajstić information content (AvgIpc) is 3.16. The summed E-state index contributed by atoms with van der Waals surface area (Å²) in [6.07, 6.45) is 4.77. The number of carbonyl (C=O) groups excluding carboxylic acids is 1. The zero-order chi connectivity index (χ0) is 19.7. The summed E-state index contributed by atoms with van der Waals surface area (Å²) in [7, 11) is 5.59. The Kier molecular flexibility index (Phi) is 5.13. The molecule has 3 aromatic rings. The van der Waals surface area contributed by atoms with Crippen LogP contribution in [0.2, 0.25) is 0 Å². The van der Waals surface area contributed by atoms with Gasteiger partial charge in [-0.1, -0.05) is 30.3 Å². The zero-order valence-electron chi connectivity index (χ0n) is 16.4. The third-order valence-electron chi connectivity index (χ3n) is 5.23. The molecule has 5 nitrogen and oxygen atoms in total. The summed E-state index contributed by atoms with van der Waals surface area (Å²) in [6, 6.07) is 14.3. The molecular weight excluding hydrogens is 368 g/mol. The molecule has 0 saturated heterocycles. The Morgan fingerprint density at radius 1 is 1.11 bits per heavy atom. The summed E-state index contributed by atoms with van der Waals surface area (Å²) in [5.74, 6) is 1.12. The Bertz CT molecular complexity index is 983. The van der Waals surface area contributed by atoms with Gasteiger partial charge in [0.2, 0.25) is 0 Å². The van der Waals surface area contributed by atoms with Gasteiger partial charge >= 0.3 is 0 Å². The Balaban J connectivity index is 1.57. The first kappa shape index (κ1) is 18.6. The highest BCUT2D eigenvalue weighted by molar-refractivity contribution is 7.16. The van der Waals surface area contributed by atoms with Gasteiger partial charge in [-0.3, -0.25) is 9.69 Å². The molecule has 1 unspecified atom stereocenters. The minimum absolute atomic E-state index is 0.0810. The molecular formula is C22H24N4OS. The van der Waals surface area contributed by atoms with E-state index in [0.29, 0.717) is 17.3 Å². The van der Waals surface area contributed by atoms with E-state index in [4.69, 9.17) is 4.98 Å². The Labute approximate surface area is 169 Å². The van der Waals surface area contributed by atoms with Crippen molar-refractivity contribution >= 4 is 28.2 Å². The smallest absolute Gasteiger partial charge is 0.263 e. The van der Waals surface area contributed by atoms with Crippen LogP contribution in [0.1, 0.15) is 38.8 Å². The van der Waals surface area contributed by atoms with Crippen LogP contribution in [-0.4, -0.2) is 37.0 Å².